The van der Waals surface area contributed by atoms with Gasteiger partial charge in [-0.3, -0.25) is 4.79 Å². The molecule has 1 atom stereocenters. The van der Waals surface area contributed by atoms with Crippen LogP contribution in [0, 0.1) is 20.8 Å². The molecule has 7 heteroatoms. The fraction of sp³-hybridized carbons (Fsp3) is 0.571. The van der Waals surface area contributed by atoms with Crippen LogP contribution in [-0.4, -0.2) is 45.4 Å². The number of hydrogen-bond acceptors (Lipinski definition) is 4. The molecule has 4 rings (SSSR count). The number of carbonyl (C=O) groups excluding carboxylic acids is 1. The normalized spacial score (nSPS) is 20.2. The SMILES string of the molecule is Cc1cccc(C2CCCN2C(=O)c2nnn(C3CCNCC3)c2C)c1C.Cl. The predicted molar refractivity (Wildman–Crippen MR) is 112 cm³/mol. The number of piperidine rings is 1. The van der Waals surface area contributed by atoms with E-state index in [1.54, 1.807) is 0 Å². The van der Waals surface area contributed by atoms with Crippen molar-refractivity contribution in [3.8, 4) is 0 Å². The summed E-state index contributed by atoms with van der Waals surface area (Å²) in [5.74, 6) is 0.0242. The second-order valence-corrected chi connectivity index (χ2v) is 7.89. The molecule has 1 aromatic heterocycles. The molecule has 0 aliphatic carbocycles. The first-order valence-corrected chi connectivity index (χ1v) is 10.1. The van der Waals surface area contributed by atoms with Crippen LogP contribution in [0.15, 0.2) is 18.2 Å². The van der Waals surface area contributed by atoms with E-state index in [9.17, 15) is 4.79 Å². The second kappa shape index (κ2) is 8.62. The number of rotatable bonds is 3. The summed E-state index contributed by atoms with van der Waals surface area (Å²) in [6, 6.07) is 6.87. The van der Waals surface area contributed by atoms with Gasteiger partial charge in [0.15, 0.2) is 5.69 Å². The molecule has 2 fully saturated rings. The highest BCUT2D eigenvalue weighted by atomic mass is 35.5. The van der Waals surface area contributed by atoms with E-state index in [0.29, 0.717) is 11.7 Å². The summed E-state index contributed by atoms with van der Waals surface area (Å²) in [5, 5.41) is 12.0. The number of aromatic nitrogens is 3. The lowest BCUT2D eigenvalue weighted by Crippen LogP contribution is -2.32. The molecule has 2 saturated heterocycles. The zero-order valence-corrected chi connectivity index (χ0v) is 17.8. The van der Waals surface area contributed by atoms with E-state index in [2.05, 4.69) is 47.7 Å². The minimum absolute atomic E-state index is 0. The number of hydrogen-bond donors (Lipinski definition) is 1. The van der Waals surface area contributed by atoms with Crippen molar-refractivity contribution in [1.29, 1.82) is 0 Å². The third-order valence-electron chi connectivity index (χ3n) is 6.30. The third kappa shape index (κ3) is 3.67. The summed E-state index contributed by atoms with van der Waals surface area (Å²) in [7, 11) is 0. The fourth-order valence-corrected chi connectivity index (χ4v) is 4.54. The Balaban J connectivity index is 0.00000225. The standard InChI is InChI=1S/C21H29N5O.ClH/c1-14-6-4-7-18(15(14)2)19-8-5-13-25(19)21(27)20-16(3)26(24-23-20)17-9-11-22-12-10-17;/h4,6-7,17,19,22H,5,8-13H2,1-3H3;1H. The van der Waals surface area contributed by atoms with Crippen molar-refractivity contribution >= 4 is 18.3 Å². The highest BCUT2D eigenvalue weighted by Gasteiger charge is 2.34. The maximum absolute atomic E-state index is 13.3. The lowest BCUT2D eigenvalue weighted by Gasteiger charge is -2.27. The third-order valence-corrected chi connectivity index (χ3v) is 6.30. The first kappa shape index (κ1) is 20.8. The van der Waals surface area contributed by atoms with Crippen molar-refractivity contribution in [3.05, 3.63) is 46.3 Å². The monoisotopic (exact) mass is 403 g/mol. The van der Waals surface area contributed by atoms with Gasteiger partial charge in [0.25, 0.3) is 5.91 Å². The number of carbonyl (C=O) groups is 1. The quantitative estimate of drug-likeness (QED) is 0.851. The summed E-state index contributed by atoms with van der Waals surface area (Å²) in [6.07, 6.45) is 4.11. The predicted octanol–water partition coefficient (Wildman–Crippen LogP) is 3.53. The van der Waals surface area contributed by atoms with Crippen LogP contribution < -0.4 is 5.32 Å². The second-order valence-electron chi connectivity index (χ2n) is 7.89. The van der Waals surface area contributed by atoms with Crippen molar-refractivity contribution in [2.24, 2.45) is 0 Å². The van der Waals surface area contributed by atoms with Gasteiger partial charge in [-0.25, -0.2) is 4.68 Å². The molecule has 1 aromatic carbocycles. The van der Waals surface area contributed by atoms with E-state index in [-0.39, 0.29) is 24.4 Å². The van der Waals surface area contributed by atoms with Gasteiger partial charge in [-0.15, -0.1) is 17.5 Å². The first-order chi connectivity index (χ1) is 13.1. The molecule has 1 unspecified atom stereocenters. The van der Waals surface area contributed by atoms with Crippen molar-refractivity contribution in [2.75, 3.05) is 19.6 Å². The molecule has 2 aromatic rings. The molecular formula is C21H30ClN5O. The van der Waals surface area contributed by atoms with Crippen LogP contribution >= 0.6 is 12.4 Å². The smallest absolute Gasteiger partial charge is 0.276 e. The number of nitrogens with one attached hydrogen (secondary N) is 1. The summed E-state index contributed by atoms with van der Waals surface area (Å²) in [5.41, 5.74) is 5.26. The zero-order chi connectivity index (χ0) is 19.0. The molecule has 2 aliphatic heterocycles. The summed E-state index contributed by atoms with van der Waals surface area (Å²) in [6.45, 7) is 9.05. The van der Waals surface area contributed by atoms with Gasteiger partial charge in [-0.2, -0.15) is 0 Å². The molecule has 1 N–H and O–H groups in total. The van der Waals surface area contributed by atoms with Crippen LogP contribution in [0.4, 0.5) is 0 Å². The molecule has 0 radical (unpaired) electrons. The van der Waals surface area contributed by atoms with E-state index in [1.165, 1.54) is 16.7 Å². The number of likely N-dealkylation sites (tertiary alicyclic amines) is 1. The number of aryl methyl sites for hydroxylation is 1. The lowest BCUT2D eigenvalue weighted by atomic mass is 9.96. The van der Waals surface area contributed by atoms with Gasteiger partial charge in [-0.05, 0) is 76.2 Å². The average molecular weight is 404 g/mol. The molecule has 0 saturated carbocycles. The Kier molecular flexibility index (Phi) is 6.40. The van der Waals surface area contributed by atoms with Crippen LogP contribution in [0.1, 0.15) is 70.6 Å². The van der Waals surface area contributed by atoms with Crippen LogP contribution in [-0.2, 0) is 0 Å². The number of amides is 1. The highest BCUT2D eigenvalue weighted by Crippen LogP contribution is 2.35. The van der Waals surface area contributed by atoms with E-state index in [0.717, 1.165) is 51.0 Å². The Morgan fingerprint density at radius 3 is 2.64 bits per heavy atom. The molecule has 1 amide bonds. The number of benzene rings is 1. The van der Waals surface area contributed by atoms with Gasteiger partial charge < -0.3 is 10.2 Å². The summed E-state index contributed by atoms with van der Waals surface area (Å²) in [4.78, 5) is 15.3. The van der Waals surface area contributed by atoms with Gasteiger partial charge in [0.2, 0.25) is 0 Å². The van der Waals surface area contributed by atoms with Gasteiger partial charge >= 0.3 is 0 Å². The van der Waals surface area contributed by atoms with Crippen molar-refractivity contribution in [1.82, 2.24) is 25.2 Å². The Hall–Kier alpha value is -1.92. The Morgan fingerprint density at radius 2 is 1.89 bits per heavy atom. The molecular weight excluding hydrogens is 374 g/mol. The Morgan fingerprint density at radius 1 is 1.14 bits per heavy atom. The highest BCUT2D eigenvalue weighted by molar-refractivity contribution is 5.93. The summed E-state index contributed by atoms with van der Waals surface area (Å²) >= 11 is 0. The molecule has 152 valence electrons. The van der Waals surface area contributed by atoms with E-state index >= 15 is 0 Å². The van der Waals surface area contributed by atoms with Gasteiger partial charge in [0.05, 0.1) is 17.8 Å². The molecule has 6 nitrogen and oxygen atoms in total. The van der Waals surface area contributed by atoms with Crippen LogP contribution in [0.2, 0.25) is 0 Å². The lowest BCUT2D eigenvalue weighted by molar-refractivity contribution is 0.0728. The van der Waals surface area contributed by atoms with Gasteiger partial charge in [0, 0.05) is 6.54 Å². The number of nitrogens with zero attached hydrogens (tertiary/aromatic N) is 4. The van der Waals surface area contributed by atoms with Crippen LogP contribution in [0.3, 0.4) is 0 Å². The average Bonchev–Trinajstić information content (AvgIpc) is 3.31. The Bertz CT molecular complexity index is 843. The Labute approximate surface area is 173 Å². The van der Waals surface area contributed by atoms with E-state index in [1.807, 2.05) is 16.5 Å². The maximum atomic E-state index is 13.3. The fourth-order valence-electron chi connectivity index (χ4n) is 4.54. The zero-order valence-electron chi connectivity index (χ0n) is 16.9. The van der Waals surface area contributed by atoms with Crippen LogP contribution in [0.25, 0.3) is 0 Å². The van der Waals surface area contributed by atoms with Crippen molar-refractivity contribution in [3.63, 3.8) is 0 Å². The molecule has 2 aliphatic rings. The van der Waals surface area contributed by atoms with Gasteiger partial charge in [0.1, 0.15) is 0 Å². The minimum atomic E-state index is 0. The van der Waals surface area contributed by atoms with Crippen molar-refractivity contribution in [2.45, 2.75) is 58.5 Å². The molecule has 3 heterocycles. The van der Waals surface area contributed by atoms with Crippen LogP contribution in [0.5, 0.6) is 0 Å². The van der Waals surface area contributed by atoms with Gasteiger partial charge in [-0.1, -0.05) is 23.4 Å². The molecule has 0 bridgehead atoms. The molecule has 28 heavy (non-hydrogen) atoms. The largest absolute Gasteiger partial charge is 0.330 e. The maximum Gasteiger partial charge on any atom is 0.276 e. The summed E-state index contributed by atoms with van der Waals surface area (Å²) < 4.78 is 1.97. The first-order valence-electron chi connectivity index (χ1n) is 10.1. The number of halogens is 1. The molecule has 0 spiro atoms. The van der Waals surface area contributed by atoms with Crippen molar-refractivity contribution < 1.29 is 4.79 Å². The van der Waals surface area contributed by atoms with E-state index in [4.69, 9.17) is 0 Å². The topological polar surface area (TPSA) is 63.1 Å². The minimum Gasteiger partial charge on any atom is -0.330 e. The van der Waals surface area contributed by atoms with E-state index < -0.39 is 0 Å².